The lowest BCUT2D eigenvalue weighted by Crippen LogP contribution is -2.06. The highest BCUT2D eigenvalue weighted by atomic mass is 16.1. The number of hydrogen-bond donors (Lipinski definition) is 2. The Morgan fingerprint density at radius 1 is 0.786 bits per heavy atom. The summed E-state index contributed by atoms with van der Waals surface area (Å²) in [5, 5.41) is 16.0. The largest absolute Gasteiger partial charge is 0.340 e. The van der Waals surface area contributed by atoms with Crippen LogP contribution in [0.5, 0.6) is 0 Å². The topological polar surface area (TPSA) is 94.9 Å². The lowest BCUT2D eigenvalue weighted by Gasteiger charge is -2.16. The predicted molar refractivity (Wildman–Crippen MR) is 109 cm³/mol. The van der Waals surface area contributed by atoms with E-state index in [2.05, 4.69) is 21.7 Å². The van der Waals surface area contributed by atoms with Gasteiger partial charge in [0, 0.05) is 22.5 Å². The van der Waals surface area contributed by atoms with Crippen molar-refractivity contribution >= 4 is 35.6 Å². The maximum atomic E-state index is 10.8. The Morgan fingerprint density at radius 3 is 1.68 bits per heavy atom. The van der Waals surface area contributed by atoms with Crippen LogP contribution in [0.1, 0.15) is 37.4 Å². The van der Waals surface area contributed by atoms with E-state index in [1.807, 2.05) is 13.8 Å². The number of rotatable bonds is 6. The molecule has 1 aromatic heterocycles. The summed E-state index contributed by atoms with van der Waals surface area (Å²) in [6, 6.07) is 16.1. The number of nitrogens with zero attached hydrogens (tertiary/aromatic N) is 2. The average Bonchev–Trinajstić information content (AvgIpc) is 2.73. The number of nitriles is 1. The van der Waals surface area contributed by atoms with Gasteiger partial charge in [-0.2, -0.15) is 5.26 Å². The van der Waals surface area contributed by atoms with Gasteiger partial charge in [-0.3, -0.25) is 9.59 Å². The number of pyridine rings is 1. The Morgan fingerprint density at radius 2 is 1.25 bits per heavy atom. The summed E-state index contributed by atoms with van der Waals surface area (Å²) in [6.45, 7) is 3.77. The molecule has 3 aromatic rings. The van der Waals surface area contributed by atoms with Gasteiger partial charge in [-0.15, -0.1) is 0 Å². The van der Waals surface area contributed by atoms with Crippen molar-refractivity contribution < 1.29 is 9.59 Å². The monoisotopic (exact) mass is 370 g/mol. The van der Waals surface area contributed by atoms with Crippen LogP contribution in [0.4, 0.5) is 23.0 Å². The highest BCUT2D eigenvalue weighted by Crippen LogP contribution is 2.29. The zero-order valence-electron chi connectivity index (χ0n) is 15.5. The van der Waals surface area contributed by atoms with E-state index in [0.717, 1.165) is 35.1 Å². The summed E-state index contributed by atoms with van der Waals surface area (Å²) in [7, 11) is 0. The number of hydrogen-bond acceptors (Lipinski definition) is 6. The first-order valence-corrected chi connectivity index (χ1v) is 8.61. The smallest absolute Gasteiger partial charge is 0.151 e. The molecule has 0 spiro atoms. The fourth-order valence-corrected chi connectivity index (χ4v) is 2.71. The Balaban J connectivity index is 1.97. The van der Waals surface area contributed by atoms with Gasteiger partial charge in [0.05, 0.1) is 5.56 Å². The van der Waals surface area contributed by atoms with Crippen molar-refractivity contribution in [3.8, 4) is 6.07 Å². The van der Waals surface area contributed by atoms with Gasteiger partial charge in [-0.05, 0) is 73.5 Å². The van der Waals surface area contributed by atoms with Crippen LogP contribution in [-0.2, 0) is 0 Å². The Labute approximate surface area is 162 Å². The minimum absolute atomic E-state index is 0.427. The maximum Gasteiger partial charge on any atom is 0.151 e. The second kappa shape index (κ2) is 8.14. The fourth-order valence-electron chi connectivity index (χ4n) is 2.71. The number of carbonyl (C=O) groups excluding carboxylic acids is 2. The number of benzene rings is 2. The van der Waals surface area contributed by atoms with Crippen LogP contribution < -0.4 is 10.6 Å². The molecule has 0 radical (unpaired) electrons. The Kier molecular flexibility index (Phi) is 5.47. The number of aromatic nitrogens is 1. The average molecular weight is 370 g/mol. The van der Waals surface area contributed by atoms with Gasteiger partial charge in [0.1, 0.15) is 24.5 Å². The maximum absolute atomic E-state index is 10.8. The summed E-state index contributed by atoms with van der Waals surface area (Å²) < 4.78 is 0. The zero-order chi connectivity index (χ0) is 20.1. The first-order valence-electron chi connectivity index (χ1n) is 8.61. The van der Waals surface area contributed by atoms with Gasteiger partial charge < -0.3 is 10.6 Å². The molecule has 0 aliphatic carbocycles. The first-order chi connectivity index (χ1) is 13.5. The molecule has 0 fully saturated rings. The Hall–Kier alpha value is -3.98. The van der Waals surface area contributed by atoms with E-state index in [0.29, 0.717) is 28.3 Å². The van der Waals surface area contributed by atoms with Crippen molar-refractivity contribution in [3.63, 3.8) is 0 Å². The third-order valence-electron chi connectivity index (χ3n) is 4.48. The summed E-state index contributed by atoms with van der Waals surface area (Å²) in [5.74, 6) is 1.04. The number of anilines is 4. The standard InChI is InChI=1S/C22H18N4O2/c1-14-15(2)21(24-18-7-3-16(12-27)4-8-18)26-22(20(14)11-23)25-19-9-5-17(13-28)6-10-19/h3-10,12-13H,1-2H3,(H2,24,25,26). The zero-order valence-corrected chi connectivity index (χ0v) is 15.5. The molecule has 0 unspecified atom stereocenters. The molecular weight excluding hydrogens is 352 g/mol. The van der Waals surface area contributed by atoms with Crippen molar-refractivity contribution in [1.82, 2.24) is 4.98 Å². The predicted octanol–water partition coefficient (Wildman–Crippen LogP) is 4.68. The fraction of sp³-hybridized carbons (Fsp3) is 0.0909. The van der Waals surface area contributed by atoms with Gasteiger partial charge in [-0.25, -0.2) is 4.98 Å². The molecule has 2 aromatic carbocycles. The second-order valence-corrected chi connectivity index (χ2v) is 6.28. The molecule has 0 aliphatic rings. The first kappa shape index (κ1) is 18.8. The van der Waals surface area contributed by atoms with Crippen LogP contribution in [0.15, 0.2) is 48.5 Å². The van der Waals surface area contributed by atoms with E-state index in [-0.39, 0.29) is 0 Å². The SMILES string of the molecule is Cc1c(Nc2ccc(C=O)cc2)nc(Nc2ccc(C=O)cc2)c(C#N)c1C. The number of nitrogens with one attached hydrogen (secondary N) is 2. The van der Waals surface area contributed by atoms with E-state index in [1.165, 1.54) is 0 Å². The van der Waals surface area contributed by atoms with Gasteiger partial charge in [0.15, 0.2) is 5.82 Å². The molecule has 0 saturated carbocycles. The van der Waals surface area contributed by atoms with Crippen LogP contribution in [-0.4, -0.2) is 17.6 Å². The molecule has 0 atom stereocenters. The highest BCUT2D eigenvalue weighted by molar-refractivity contribution is 5.78. The van der Waals surface area contributed by atoms with Crippen LogP contribution in [0, 0.1) is 25.2 Å². The molecule has 0 amide bonds. The lowest BCUT2D eigenvalue weighted by molar-refractivity contribution is 0.111. The molecule has 0 bridgehead atoms. The van der Waals surface area contributed by atoms with E-state index in [4.69, 9.17) is 0 Å². The van der Waals surface area contributed by atoms with Crippen LogP contribution in [0.2, 0.25) is 0 Å². The normalized spacial score (nSPS) is 10.0. The molecule has 6 heteroatoms. The number of aldehydes is 2. The third kappa shape index (κ3) is 3.89. The molecule has 0 aliphatic heterocycles. The number of carbonyl (C=O) groups is 2. The summed E-state index contributed by atoms with van der Waals surface area (Å²) in [4.78, 5) is 26.2. The van der Waals surface area contributed by atoms with E-state index < -0.39 is 0 Å². The molecule has 1 heterocycles. The van der Waals surface area contributed by atoms with Crippen molar-refractivity contribution in [2.75, 3.05) is 10.6 Å². The molecular formula is C22H18N4O2. The summed E-state index contributed by atoms with van der Waals surface area (Å²) in [6.07, 6.45) is 1.56. The Bertz CT molecular complexity index is 1070. The van der Waals surface area contributed by atoms with Crippen LogP contribution in [0.25, 0.3) is 0 Å². The quantitative estimate of drug-likeness (QED) is 0.612. The lowest BCUT2D eigenvalue weighted by atomic mass is 10.1. The van der Waals surface area contributed by atoms with E-state index in [9.17, 15) is 14.9 Å². The highest BCUT2D eigenvalue weighted by Gasteiger charge is 2.15. The van der Waals surface area contributed by atoms with E-state index in [1.54, 1.807) is 48.5 Å². The molecule has 0 saturated heterocycles. The molecule has 3 rings (SSSR count). The summed E-state index contributed by atoms with van der Waals surface area (Å²) in [5.41, 5.74) is 4.80. The van der Waals surface area contributed by atoms with Crippen LogP contribution in [0.3, 0.4) is 0 Å². The minimum atomic E-state index is 0.427. The van der Waals surface area contributed by atoms with Crippen molar-refractivity contribution in [2.24, 2.45) is 0 Å². The van der Waals surface area contributed by atoms with E-state index >= 15 is 0 Å². The van der Waals surface area contributed by atoms with Crippen molar-refractivity contribution in [1.29, 1.82) is 5.26 Å². The second-order valence-electron chi connectivity index (χ2n) is 6.28. The molecule has 6 nitrogen and oxygen atoms in total. The van der Waals surface area contributed by atoms with Crippen molar-refractivity contribution in [2.45, 2.75) is 13.8 Å². The van der Waals surface area contributed by atoms with Gasteiger partial charge >= 0.3 is 0 Å². The molecule has 28 heavy (non-hydrogen) atoms. The van der Waals surface area contributed by atoms with Crippen molar-refractivity contribution in [3.05, 3.63) is 76.3 Å². The minimum Gasteiger partial charge on any atom is -0.340 e. The van der Waals surface area contributed by atoms with Crippen LogP contribution >= 0.6 is 0 Å². The summed E-state index contributed by atoms with van der Waals surface area (Å²) >= 11 is 0. The molecule has 2 N–H and O–H groups in total. The van der Waals surface area contributed by atoms with Gasteiger partial charge in [0.2, 0.25) is 0 Å². The van der Waals surface area contributed by atoms with Gasteiger partial charge in [0.25, 0.3) is 0 Å². The third-order valence-corrected chi connectivity index (χ3v) is 4.48. The van der Waals surface area contributed by atoms with Gasteiger partial charge in [-0.1, -0.05) is 0 Å². The molecule has 138 valence electrons.